The molecule has 10 nitrogen and oxygen atoms in total. The van der Waals surface area contributed by atoms with Crippen molar-refractivity contribution in [1.29, 1.82) is 0 Å². The standard InChI is InChI=1S/C21H20N6O4S/c1-12-17(4-3-6-22-12)30-14-8-19(31-18-5-7-24-27-13(18)2)20(23-9-14)26-21-25-15(11-32-21)16(29)10-28/h3-9,11,16,28-29H,10H2,1-2H3,(H,23,25,26). The Morgan fingerprint density at radius 2 is 1.91 bits per heavy atom. The Morgan fingerprint density at radius 3 is 2.69 bits per heavy atom. The summed E-state index contributed by atoms with van der Waals surface area (Å²) in [6.45, 7) is 3.22. The van der Waals surface area contributed by atoms with Crippen LogP contribution in [0.3, 0.4) is 0 Å². The second-order valence-electron chi connectivity index (χ2n) is 6.69. The lowest BCUT2D eigenvalue weighted by atomic mass is 10.3. The van der Waals surface area contributed by atoms with E-state index in [9.17, 15) is 5.11 Å². The molecule has 4 rings (SSSR count). The number of ether oxygens (including phenoxy) is 2. The first-order valence-electron chi connectivity index (χ1n) is 9.60. The molecule has 0 fully saturated rings. The van der Waals surface area contributed by atoms with Crippen molar-refractivity contribution < 1.29 is 19.7 Å². The van der Waals surface area contributed by atoms with Crippen LogP contribution in [-0.2, 0) is 0 Å². The molecule has 0 spiro atoms. The molecule has 0 aliphatic rings. The number of nitrogens with zero attached hydrogens (tertiary/aromatic N) is 5. The van der Waals surface area contributed by atoms with Crippen LogP contribution in [0.2, 0.25) is 0 Å². The van der Waals surface area contributed by atoms with Crippen molar-refractivity contribution in [2.75, 3.05) is 11.9 Å². The Kier molecular flexibility index (Phi) is 6.50. The summed E-state index contributed by atoms with van der Waals surface area (Å²) in [5.74, 6) is 2.33. The van der Waals surface area contributed by atoms with E-state index in [1.807, 2.05) is 13.0 Å². The predicted molar refractivity (Wildman–Crippen MR) is 118 cm³/mol. The maximum absolute atomic E-state index is 9.78. The second kappa shape index (κ2) is 9.64. The van der Waals surface area contributed by atoms with Crippen LogP contribution in [0, 0.1) is 13.8 Å². The maximum atomic E-state index is 9.78. The molecule has 0 aliphatic carbocycles. The first kappa shape index (κ1) is 21.6. The van der Waals surface area contributed by atoms with Gasteiger partial charge in [0.25, 0.3) is 0 Å². The fraction of sp³-hybridized carbons (Fsp3) is 0.190. The van der Waals surface area contributed by atoms with Crippen LogP contribution in [0.5, 0.6) is 23.0 Å². The maximum Gasteiger partial charge on any atom is 0.188 e. The molecule has 0 amide bonds. The normalized spacial score (nSPS) is 11.8. The zero-order valence-electron chi connectivity index (χ0n) is 17.3. The highest BCUT2D eigenvalue weighted by Crippen LogP contribution is 2.36. The van der Waals surface area contributed by atoms with Gasteiger partial charge in [-0.3, -0.25) is 4.98 Å². The van der Waals surface area contributed by atoms with Crippen LogP contribution in [0.25, 0.3) is 0 Å². The van der Waals surface area contributed by atoms with Gasteiger partial charge >= 0.3 is 0 Å². The highest BCUT2D eigenvalue weighted by atomic mass is 32.1. The average Bonchev–Trinajstić information content (AvgIpc) is 3.26. The molecular weight excluding hydrogens is 432 g/mol. The first-order valence-corrected chi connectivity index (χ1v) is 10.5. The van der Waals surface area contributed by atoms with Crippen LogP contribution < -0.4 is 14.8 Å². The lowest BCUT2D eigenvalue weighted by molar-refractivity contribution is 0.0928. The molecule has 4 heterocycles. The smallest absolute Gasteiger partial charge is 0.188 e. The number of aliphatic hydroxyl groups is 2. The van der Waals surface area contributed by atoms with Crippen LogP contribution in [0.15, 0.2) is 48.2 Å². The highest BCUT2D eigenvalue weighted by molar-refractivity contribution is 7.13. The summed E-state index contributed by atoms with van der Waals surface area (Å²) in [7, 11) is 0. The third kappa shape index (κ3) is 4.97. The number of nitrogens with one attached hydrogen (secondary N) is 1. The number of thiazole rings is 1. The molecule has 4 aromatic rings. The van der Waals surface area contributed by atoms with Gasteiger partial charge in [0.05, 0.1) is 30.4 Å². The van der Waals surface area contributed by atoms with Gasteiger partial charge in [-0.05, 0) is 26.0 Å². The monoisotopic (exact) mass is 452 g/mol. The molecule has 3 N–H and O–H groups in total. The van der Waals surface area contributed by atoms with Crippen LogP contribution in [0.1, 0.15) is 23.2 Å². The summed E-state index contributed by atoms with van der Waals surface area (Å²) in [6.07, 6.45) is 3.73. The Hall–Kier alpha value is -3.67. The summed E-state index contributed by atoms with van der Waals surface area (Å²) < 4.78 is 12.0. The van der Waals surface area contributed by atoms with E-state index in [1.165, 1.54) is 17.5 Å². The van der Waals surface area contributed by atoms with Gasteiger partial charge in [0.15, 0.2) is 22.4 Å². The number of hydrogen-bond donors (Lipinski definition) is 3. The van der Waals surface area contributed by atoms with Gasteiger partial charge in [0, 0.05) is 23.7 Å². The molecule has 0 saturated carbocycles. The third-order valence-electron chi connectivity index (χ3n) is 4.35. The van der Waals surface area contributed by atoms with E-state index in [0.29, 0.717) is 45.3 Å². The van der Waals surface area contributed by atoms with Gasteiger partial charge in [0.1, 0.15) is 23.3 Å². The van der Waals surface area contributed by atoms with Crippen molar-refractivity contribution in [2.24, 2.45) is 0 Å². The number of aliphatic hydroxyl groups excluding tert-OH is 2. The lowest BCUT2D eigenvalue weighted by Crippen LogP contribution is -2.03. The predicted octanol–water partition coefficient (Wildman–Crippen LogP) is 3.69. The molecular formula is C21H20N6O4S. The average molecular weight is 452 g/mol. The van der Waals surface area contributed by atoms with E-state index in [1.54, 1.807) is 42.9 Å². The van der Waals surface area contributed by atoms with E-state index >= 15 is 0 Å². The van der Waals surface area contributed by atoms with Crippen molar-refractivity contribution in [3.8, 4) is 23.0 Å². The molecule has 11 heteroatoms. The molecule has 0 aromatic carbocycles. The van der Waals surface area contributed by atoms with Gasteiger partial charge < -0.3 is 25.0 Å². The zero-order valence-corrected chi connectivity index (χ0v) is 18.1. The molecule has 1 atom stereocenters. The molecule has 32 heavy (non-hydrogen) atoms. The number of anilines is 2. The van der Waals surface area contributed by atoms with E-state index in [-0.39, 0.29) is 0 Å². The van der Waals surface area contributed by atoms with Gasteiger partial charge in [0.2, 0.25) is 0 Å². The Morgan fingerprint density at radius 1 is 1.06 bits per heavy atom. The number of hydrogen-bond acceptors (Lipinski definition) is 11. The lowest BCUT2D eigenvalue weighted by Gasteiger charge is -2.14. The zero-order chi connectivity index (χ0) is 22.5. The Labute approximate surface area is 187 Å². The van der Waals surface area contributed by atoms with Crippen molar-refractivity contribution in [3.05, 3.63) is 65.3 Å². The van der Waals surface area contributed by atoms with Crippen molar-refractivity contribution >= 4 is 22.3 Å². The van der Waals surface area contributed by atoms with Crippen molar-refractivity contribution in [3.63, 3.8) is 0 Å². The topological polar surface area (TPSA) is 135 Å². The number of pyridine rings is 2. The largest absolute Gasteiger partial charge is 0.454 e. The molecule has 0 radical (unpaired) electrons. The minimum Gasteiger partial charge on any atom is -0.454 e. The van der Waals surface area contributed by atoms with Gasteiger partial charge in [-0.25, -0.2) is 9.97 Å². The summed E-state index contributed by atoms with van der Waals surface area (Å²) in [5, 5.41) is 32.0. The fourth-order valence-electron chi connectivity index (χ4n) is 2.67. The van der Waals surface area contributed by atoms with Crippen molar-refractivity contribution in [2.45, 2.75) is 20.0 Å². The summed E-state index contributed by atoms with van der Waals surface area (Å²) in [4.78, 5) is 12.9. The van der Waals surface area contributed by atoms with Gasteiger partial charge in [-0.2, -0.15) is 10.2 Å². The third-order valence-corrected chi connectivity index (χ3v) is 5.13. The van der Waals surface area contributed by atoms with Crippen LogP contribution >= 0.6 is 11.3 Å². The van der Waals surface area contributed by atoms with Crippen molar-refractivity contribution in [1.82, 2.24) is 25.1 Å². The van der Waals surface area contributed by atoms with E-state index in [4.69, 9.17) is 14.6 Å². The van der Waals surface area contributed by atoms with Crippen LogP contribution in [-0.4, -0.2) is 42.0 Å². The van der Waals surface area contributed by atoms with Gasteiger partial charge in [-0.1, -0.05) is 0 Å². The van der Waals surface area contributed by atoms with Gasteiger partial charge in [-0.15, -0.1) is 11.3 Å². The molecule has 0 saturated heterocycles. The minimum atomic E-state index is -1.05. The molecule has 1 unspecified atom stereocenters. The van der Waals surface area contributed by atoms with E-state index in [0.717, 1.165) is 5.69 Å². The SMILES string of the molecule is Cc1ncccc1Oc1cnc(Nc2nc(C(O)CO)cs2)c(Oc2ccnnc2C)c1. The number of aromatic nitrogens is 5. The fourth-order valence-corrected chi connectivity index (χ4v) is 3.42. The second-order valence-corrected chi connectivity index (χ2v) is 7.55. The van der Waals surface area contributed by atoms with Crippen LogP contribution in [0.4, 0.5) is 10.9 Å². The Balaban J connectivity index is 1.66. The first-order chi connectivity index (χ1) is 15.5. The highest BCUT2D eigenvalue weighted by Gasteiger charge is 2.16. The quantitative estimate of drug-likeness (QED) is 0.363. The van der Waals surface area contributed by atoms with E-state index in [2.05, 4.69) is 30.5 Å². The number of rotatable bonds is 8. The summed E-state index contributed by atoms with van der Waals surface area (Å²) >= 11 is 1.26. The molecule has 164 valence electrons. The Bertz CT molecular complexity index is 1220. The van der Waals surface area contributed by atoms with E-state index < -0.39 is 12.7 Å². The summed E-state index contributed by atoms with van der Waals surface area (Å²) in [5.41, 5.74) is 1.71. The molecule has 0 aliphatic heterocycles. The molecule has 0 bridgehead atoms. The minimum absolute atomic E-state index is 0.364. The summed E-state index contributed by atoms with van der Waals surface area (Å²) in [6, 6.07) is 6.99. The molecule has 4 aromatic heterocycles. The number of aryl methyl sites for hydroxylation is 2.